The third-order valence-corrected chi connectivity index (χ3v) is 2.42. The fourth-order valence-corrected chi connectivity index (χ4v) is 1.31. The number of benzene rings is 1. The van der Waals surface area contributed by atoms with Gasteiger partial charge in [0.2, 0.25) is 0 Å². The molecule has 5 heteroatoms. The monoisotopic (exact) mass is 251 g/mol. The molecule has 1 amide bonds. The Morgan fingerprint density at radius 2 is 1.94 bits per heavy atom. The minimum absolute atomic E-state index is 0.111. The number of hydrogen-bond acceptors (Lipinski definition) is 4. The van der Waals surface area contributed by atoms with Crippen LogP contribution in [0.5, 0.6) is 11.5 Å². The van der Waals surface area contributed by atoms with Crippen molar-refractivity contribution in [1.82, 2.24) is 4.90 Å². The second-order valence-corrected chi connectivity index (χ2v) is 4.00. The number of amides is 1. The molecular formula is C13H17NO4. The summed E-state index contributed by atoms with van der Waals surface area (Å²) in [6.45, 7) is 1.34. The van der Waals surface area contributed by atoms with Crippen molar-refractivity contribution in [3.05, 3.63) is 23.8 Å². The van der Waals surface area contributed by atoms with Crippen LogP contribution in [0.15, 0.2) is 18.2 Å². The minimum Gasteiger partial charge on any atom is -0.497 e. The van der Waals surface area contributed by atoms with E-state index in [0.717, 1.165) is 0 Å². The normalized spacial score (nSPS) is 9.78. The van der Waals surface area contributed by atoms with Crippen LogP contribution in [0.2, 0.25) is 0 Å². The number of likely N-dealkylation sites (N-methyl/N-ethyl adjacent to an activating group) is 1. The molecule has 0 N–H and O–H groups in total. The fourth-order valence-electron chi connectivity index (χ4n) is 1.31. The second kappa shape index (κ2) is 6.05. The van der Waals surface area contributed by atoms with Gasteiger partial charge in [0, 0.05) is 20.2 Å². The molecule has 0 radical (unpaired) electrons. The second-order valence-electron chi connectivity index (χ2n) is 4.00. The van der Waals surface area contributed by atoms with Crippen molar-refractivity contribution in [3.8, 4) is 11.5 Å². The quantitative estimate of drug-likeness (QED) is 0.741. The lowest BCUT2D eigenvalue weighted by molar-refractivity contribution is -0.130. The summed E-state index contributed by atoms with van der Waals surface area (Å²) in [5.74, 6) is 0.640. The van der Waals surface area contributed by atoms with Gasteiger partial charge in [0.05, 0.1) is 12.7 Å². The molecule has 0 aliphatic carbocycles. The van der Waals surface area contributed by atoms with Gasteiger partial charge in [0.15, 0.2) is 12.4 Å². The molecule has 18 heavy (non-hydrogen) atoms. The zero-order valence-corrected chi connectivity index (χ0v) is 11.0. The fraction of sp³-hybridized carbons (Fsp3) is 0.385. The predicted octanol–water partition coefficient (Wildman–Crippen LogP) is 1.36. The van der Waals surface area contributed by atoms with Gasteiger partial charge in [-0.15, -0.1) is 0 Å². The number of carbonyl (C=O) groups excluding carboxylic acids is 2. The van der Waals surface area contributed by atoms with Crippen LogP contribution in [-0.2, 0) is 4.79 Å². The average molecular weight is 251 g/mol. The maximum absolute atomic E-state index is 11.4. The maximum atomic E-state index is 11.4. The molecule has 1 rings (SSSR count). The number of nitrogens with zero attached hydrogens (tertiary/aromatic N) is 1. The molecule has 98 valence electrons. The summed E-state index contributed by atoms with van der Waals surface area (Å²) >= 11 is 0. The van der Waals surface area contributed by atoms with E-state index in [2.05, 4.69) is 0 Å². The summed E-state index contributed by atoms with van der Waals surface area (Å²) in [5.41, 5.74) is 0.433. The molecule has 0 aliphatic rings. The molecule has 0 heterocycles. The van der Waals surface area contributed by atoms with Gasteiger partial charge in [-0.25, -0.2) is 0 Å². The highest BCUT2D eigenvalue weighted by molar-refractivity contribution is 5.97. The molecule has 0 unspecified atom stereocenters. The van der Waals surface area contributed by atoms with Crippen LogP contribution in [-0.4, -0.2) is 44.4 Å². The predicted molar refractivity (Wildman–Crippen MR) is 67.2 cm³/mol. The lowest BCUT2D eigenvalue weighted by atomic mass is 10.1. The number of ether oxygens (including phenoxy) is 2. The van der Waals surface area contributed by atoms with Crippen LogP contribution < -0.4 is 9.47 Å². The number of rotatable bonds is 5. The van der Waals surface area contributed by atoms with Gasteiger partial charge >= 0.3 is 0 Å². The molecule has 0 saturated heterocycles. The Balaban J connectivity index is 2.91. The largest absolute Gasteiger partial charge is 0.497 e. The van der Waals surface area contributed by atoms with Crippen LogP contribution in [0, 0.1) is 0 Å². The average Bonchev–Trinajstić information content (AvgIpc) is 2.34. The molecule has 0 fully saturated rings. The summed E-state index contributed by atoms with van der Waals surface area (Å²) in [5, 5.41) is 0. The zero-order valence-electron chi connectivity index (χ0n) is 11.0. The molecule has 0 bridgehead atoms. The van der Waals surface area contributed by atoms with Crippen LogP contribution in [0.1, 0.15) is 17.3 Å². The van der Waals surface area contributed by atoms with Crippen molar-refractivity contribution < 1.29 is 19.1 Å². The standard InChI is InChI=1S/C13H17NO4/c1-9(15)11-6-5-10(17-4)7-12(11)18-8-13(16)14(2)3/h5-7H,8H2,1-4H3. The maximum Gasteiger partial charge on any atom is 0.259 e. The summed E-state index contributed by atoms with van der Waals surface area (Å²) < 4.78 is 10.4. The van der Waals surface area contributed by atoms with Crippen LogP contribution in [0.4, 0.5) is 0 Å². The Hall–Kier alpha value is -2.04. The van der Waals surface area contributed by atoms with E-state index in [9.17, 15) is 9.59 Å². The molecule has 5 nitrogen and oxygen atoms in total. The zero-order chi connectivity index (χ0) is 13.7. The van der Waals surface area contributed by atoms with Crippen molar-refractivity contribution in [2.75, 3.05) is 27.8 Å². The lowest BCUT2D eigenvalue weighted by Crippen LogP contribution is -2.27. The van der Waals surface area contributed by atoms with Gasteiger partial charge in [0.25, 0.3) is 5.91 Å². The van der Waals surface area contributed by atoms with E-state index in [1.54, 1.807) is 32.3 Å². The van der Waals surface area contributed by atoms with E-state index >= 15 is 0 Å². The summed E-state index contributed by atoms with van der Waals surface area (Å²) in [4.78, 5) is 24.3. The van der Waals surface area contributed by atoms with E-state index in [0.29, 0.717) is 17.1 Å². The minimum atomic E-state index is -0.174. The SMILES string of the molecule is COc1ccc(C(C)=O)c(OCC(=O)N(C)C)c1. The molecule has 0 atom stereocenters. The Morgan fingerprint density at radius 1 is 1.28 bits per heavy atom. The van der Waals surface area contributed by atoms with Crippen LogP contribution in [0.3, 0.4) is 0 Å². The molecule has 0 saturated carbocycles. The van der Waals surface area contributed by atoms with E-state index < -0.39 is 0 Å². The summed E-state index contributed by atoms with van der Waals surface area (Å²) in [6, 6.07) is 4.90. The van der Waals surface area contributed by atoms with Crippen molar-refractivity contribution in [2.45, 2.75) is 6.92 Å². The molecular weight excluding hydrogens is 234 g/mol. The topological polar surface area (TPSA) is 55.8 Å². The van der Waals surface area contributed by atoms with Gasteiger partial charge in [-0.3, -0.25) is 9.59 Å². The van der Waals surface area contributed by atoms with Gasteiger partial charge in [-0.1, -0.05) is 0 Å². The van der Waals surface area contributed by atoms with Crippen molar-refractivity contribution in [2.24, 2.45) is 0 Å². The van der Waals surface area contributed by atoms with Crippen molar-refractivity contribution in [3.63, 3.8) is 0 Å². The Labute approximate surface area is 106 Å². The van der Waals surface area contributed by atoms with E-state index in [1.165, 1.54) is 18.9 Å². The van der Waals surface area contributed by atoms with E-state index in [1.807, 2.05) is 0 Å². The molecule has 0 spiro atoms. The van der Waals surface area contributed by atoms with E-state index in [4.69, 9.17) is 9.47 Å². The first-order valence-electron chi connectivity index (χ1n) is 5.47. The lowest BCUT2D eigenvalue weighted by Gasteiger charge is -2.13. The Bertz CT molecular complexity index is 454. The summed E-state index contributed by atoms with van der Waals surface area (Å²) in [7, 11) is 4.81. The highest BCUT2D eigenvalue weighted by Gasteiger charge is 2.12. The number of carbonyl (C=O) groups is 2. The number of methoxy groups -OCH3 is 1. The molecule has 0 aromatic heterocycles. The molecule has 1 aromatic carbocycles. The third-order valence-electron chi connectivity index (χ3n) is 2.42. The Kier molecular flexibility index (Phi) is 4.71. The summed E-state index contributed by atoms with van der Waals surface area (Å²) in [6.07, 6.45) is 0. The first-order chi connectivity index (χ1) is 8.45. The van der Waals surface area contributed by atoms with Gasteiger partial charge in [0.1, 0.15) is 11.5 Å². The van der Waals surface area contributed by atoms with Gasteiger partial charge < -0.3 is 14.4 Å². The van der Waals surface area contributed by atoms with Crippen LogP contribution in [0.25, 0.3) is 0 Å². The van der Waals surface area contributed by atoms with Crippen molar-refractivity contribution in [1.29, 1.82) is 0 Å². The van der Waals surface area contributed by atoms with Crippen molar-refractivity contribution >= 4 is 11.7 Å². The molecule has 1 aromatic rings. The highest BCUT2D eigenvalue weighted by Crippen LogP contribution is 2.25. The first kappa shape index (κ1) is 14.0. The smallest absolute Gasteiger partial charge is 0.259 e. The van der Waals surface area contributed by atoms with E-state index in [-0.39, 0.29) is 18.3 Å². The number of ketones is 1. The number of Topliss-reactive ketones (excluding diaryl/α,β-unsaturated/α-hetero) is 1. The van der Waals surface area contributed by atoms with Gasteiger partial charge in [-0.2, -0.15) is 0 Å². The van der Waals surface area contributed by atoms with Gasteiger partial charge in [-0.05, 0) is 19.1 Å². The van der Waals surface area contributed by atoms with Crippen LogP contribution >= 0.6 is 0 Å². The highest BCUT2D eigenvalue weighted by atomic mass is 16.5. The third kappa shape index (κ3) is 3.48. The Morgan fingerprint density at radius 3 is 2.44 bits per heavy atom. The molecule has 0 aliphatic heterocycles. The first-order valence-corrected chi connectivity index (χ1v) is 5.47. The number of hydrogen-bond donors (Lipinski definition) is 0.